The first kappa shape index (κ1) is 20.6. The van der Waals surface area contributed by atoms with Crippen LogP contribution < -0.4 is 0 Å². The molecule has 0 atom stereocenters. The first-order valence-electron chi connectivity index (χ1n) is 8.70. The molecule has 0 saturated carbocycles. The average Bonchev–Trinajstić information content (AvgIpc) is 2.58. The van der Waals surface area contributed by atoms with Gasteiger partial charge in [0.15, 0.2) is 0 Å². The maximum atomic E-state index is 5.61. The van der Waals surface area contributed by atoms with E-state index in [0.29, 0.717) is 0 Å². The molecule has 0 bridgehead atoms. The summed E-state index contributed by atoms with van der Waals surface area (Å²) in [5.74, 6) is 0. The van der Waals surface area contributed by atoms with Crippen molar-refractivity contribution in [2.45, 2.75) is 37.2 Å². The van der Waals surface area contributed by atoms with Crippen LogP contribution in [0.1, 0.15) is 39.1 Å². The van der Waals surface area contributed by atoms with Crippen molar-refractivity contribution >= 4 is 57.8 Å². The van der Waals surface area contributed by atoms with E-state index in [-0.39, 0.29) is 21.1 Å². The SMILES string of the molecule is CC(C)([S-])c1ccc2ccc3ccc4ccc(C(C)(C)[S-])nc4c3c2n1.[Pt+2]. The van der Waals surface area contributed by atoms with Crippen LogP contribution in [0.2, 0.25) is 0 Å². The molecule has 4 aromatic rings. The zero-order valence-corrected chi connectivity index (χ0v) is 19.6. The van der Waals surface area contributed by atoms with Crippen LogP contribution in [0.3, 0.4) is 0 Å². The van der Waals surface area contributed by atoms with Crippen LogP contribution in [0.25, 0.3) is 32.6 Å². The standard InChI is InChI=1S/C22H22N2S2.Pt/c1-21(2,25)16-11-9-14-7-5-13-6-8-15-10-12-17(22(3,4)26)24-20(15)18(13)19(14)23-16;/h5-12,25-26H,1-4H3;/q;+2/p-2. The van der Waals surface area contributed by atoms with E-state index in [1.807, 2.05) is 39.8 Å². The van der Waals surface area contributed by atoms with Crippen molar-refractivity contribution in [1.29, 1.82) is 0 Å². The predicted molar refractivity (Wildman–Crippen MR) is 115 cm³/mol. The van der Waals surface area contributed by atoms with Gasteiger partial charge in [0.25, 0.3) is 0 Å². The number of benzene rings is 2. The van der Waals surface area contributed by atoms with Crippen molar-refractivity contribution in [3.05, 3.63) is 59.9 Å². The van der Waals surface area contributed by atoms with E-state index in [1.54, 1.807) is 0 Å². The predicted octanol–water partition coefficient (Wildman–Crippen LogP) is 5.50. The van der Waals surface area contributed by atoms with E-state index in [1.165, 1.54) is 0 Å². The van der Waals surface area contributed by atoms with Gasteiger partial charge in [-0.2, -0.15) is 0 Å². The third-order valence-electron chi connectivity index (χ3n) is 4.73. The third-order valence-corrected chi connectivity index (χ3v) is 5.15. The molecule has 0 unspecified atom stereocenters. The van der Waals surface area contributed by atoms with Gasteiger partial charge in [0.2, 0.25) is 0 Å². The molecule has 2 nitrogen and oxygen atoms in total. The Morgan fingerprint density at radius 1 is 0.593 bits per heavy atom. The van der Waals surface area contributed by atoms with Gasteiger partial charge in [0.1, 0.15) is 0 Å². The Morgan fingerprint density at radius 3 is 1.30 bits per heavy atom. The minimum atomic E-state index is -0.415. The Hall–Kier alpha value is -1.09. The van der Waals surface area contributed by atoms with Gasteiger partial charge in [0, 0.05) is 27.5 Å². The number of hydrogen-bond donors (Lipinski definition) is 0. The Bertz CT molecular complexity index is 1070. The summed E-state index contributed by atoms with van der Waals surface area (Å²) in [6.07, 6.45) is 0. The molecule has 5 heteroatoms. The van der Waals surface area contributed by atoms with Crippen LogP contribution in [0.5, 0.6) is 0 Å². The van der Waals surface area contributed by atoms with Gasteiger partial charge in [-0.25, -0.2) is 0 Å². The van der Waals surface area contributed by atoms with E-state index in [2.05, 4.69) is 36.4 Å². The maximum Gasteiger partial charge on any atom is 2.00 e. The fraction of sp³-hybridized carbons (Fsp3) is 0.273. The van der Waals surface area contributed by atoms with Crippen molar-refractivity contribution in [2.75, 3.05) is 0 Å². The molecular formula is C22H20N2PtS2. The van der Waals surface area contributed by atoms with Crippen LogP contribution in [0, 0.1) is 0 Å². The fourth-order valence-electron chi connectivity index (χ4n) is 3.25. The molecule has 0 N–H and O–H groups in total. The van der Waals surface area contributed by atoms with Crippen LogP contribution >= 0.6 is 0 Å². The Balaban J connectivity index is 0.00000210. The Morgan fingerprint density at radius 2 is 0.926 bits per heavy atom. The summed E-state index contributed by atoms with van der Waals surface area (Å²) < 4.78 is -0.829. The summed E-state index contributed by atoms with van der Waals surface area (Å²) in [5, 5.41) is 4.39. The Kier molecular flexibility index (Phi) is 5.40. The van der Waals surface area contributed by atoms with Crippen molar-refractivity contribution in [3.8, 4) is 0 Å². The van der Waals surface area contributed by atoms with Crippen LogP contribution in [-0.4, -0.2) is 9.97 Å². The van der Waals surface area contributed by atoms with Crippen LogP contribution in [-0.2, 0) is 55.8 Å². The van der Waals surface area contributed by atoms with Crippen LogP contribution in [0.4, 0.5) is 0 Å². The maximum absolute atomic E-state index is 5.61. The second kappa shape index (κ2) is 7.06. The summed E-state index contributed by atoms with van der Waals surface area (Å²) in [7, 11) is 0. The largest absolute Gasteiger partial charge is 2.00 e. The number of fused-ring (bicyclic) bond motifs is 5. The molecular weight excluding hydrogens is 551 g/mol. The number of aromatic nitrogens is 2. The summed E-state index contributed by atoms with van der Waals surface area (Å²) in [5.41, 5.74) is 3.72. The number of nitrogens with zero attached hydrogens (tertiary/aromatic N) is 2. The quantitative estimate of drug-likeness (QED) is 0.235. The van der Waals surface area contributed by atoms with Gasteiger partial charge in [-0.1, -0.05) is 64.1 Å². The van der Waals surface area contributed by atoms with E-state index in [9.17, 15) is 0 Å². The summed E-state index contributed by atoms with van der Waals surface area (Å²) in [4.78, 5) is 9.89. The molecule has 2 aromatic carbocycles. The van der Waals surface area contributed by atoms with E-state index >= 15 is 0 Å². The first-order chi connectivity index (χ1) is 12.1. The smallest absolute Gasteiger partial charge is 0.780 e. The molecule has 0 amide bonds. The zero-order chi connectivity index (χ0) is 18.7. The number of rotatable bonds is 2. The number of pyridine rings is 2. The molecule has 2 aromatic heterocycles. The summed E-state index contributed by atoms with van der Waals surface area (Å²) in [6, 6.07) is 16.7. The second-order valence-electron chi connectivity index (χ2n) is 7.79. The number of hydrogen-bond acceptors (Lipinski definition) is 4. The molecule has 4 rings (SSSR count). The van der Waals surface area contributed by atoms with Crippen molar-refractivity contribution in [3.63, 3.8) is 0 Å². The minimum Gasteiger partial charge on any atom is -0.780 e. The second-order valence-corrected chi connectivity index (χ2v) is 9.83. The molecule has 27 heavy (non-hydrogen) atoms. The molecule has 0 saturated heterocycles. The molecule has 0 radical (unpaired) electrons. The van der Waals surface area contributed by atoms with Gasteiger partial charge in [-0.15, -0.1) is 9.49 Å². The van der Waals surface area contributed by atoms with Crippen molar-refractivity contribution in [1.82, 2.24) is 9.97 Å². The van der Waals surface area contributed by atoms with E-state index in [4.69, 9.17) is 35.2 Å². The molecule has 0 aliphatic heterocycles. The molecule has 0 fully saturated rings. The van der Waals surface area contributed by atoms with E-state index < -0.39 is 9.49 Å². The summed E-state index contributed by atoms with van der Waals surface area (Å²) in [6.45, 7) is 8.04. The van der Waals surface area contributed by atoms with Gasteiger partial charge in [0.05, 0.1) is 11.0 Å². The zero-order valence-electron chi connectivity index (χ0n) is 15.6. The molecule has 140 valence electrons. The van der Waals surface area contributed by atoms with Crippen molar-refractivity contribution < 1.29 is 21.1 Å². The van der Waals surface area contributed by atoms with Crippen LogP contribution in [0.15, 0.2) is 48.5 Å². The average molecular weight is 572 g/mol. The first-order valence-corrected chi connectivity index (χ1v) is 9.51. The van der Waals surface area contributed by atoms with Gasteiger partial charge >= 0.3 is 21.1 Å². The fourth-order valence-corrected chi connectivity index (χ4v) is 3.47. The minimum absolute atomic E-state index is 0. The van der Waals surface area contributed by atoms with Gasteiger partial charge in [-0.3, -0.25) is 9.97 Å². The third kappa shape index (κ3) is 3.77. The molecule has 2 heterocycles. The van der Waals surface area contributed by atoms with Gasteiger partial charge in [-0.05, 0) is 17.5 Å². The molecule has 0 aliphatic rings. The molecule has 0 spiro atoms. The summed E-state index contributed by atoms with van der Waals surface area (Å²) >= 11 is 11.2. The monoisotopic (exact) mass is 571 g/mol. The Labute approximate surface area is 185 Å². The van der Waals surface area contributed by atoms with E-state index in [0.717, 1.165) is 44.0 Å². The topological polar surface area (TPSA) is 25.8 Å². The molecule has 0 aliphatic carbocycles. The normalized spacial score (nSPS) is 12.5. The van der Waals surface area contributed by atoms with Crippen molar-refractivity contribution in [2.24, 2.45) is 0 Å². The van der Waals surface area contributed by atoms with Gasteiger partial charge < -0.3 is 25.3 Å².